The molecular formula is C19H12N2O3. The molecule has 0 aliphatic heterocycles. The van der Waals surface area contributed by atoms with Gasteiger partial charge in [-0.3, -0.25) is 0 Å². The Morgan fingerprint density at radius 2 is 1.79 bits per heavy atom. The van der Waals surface area contributed by atoms with Crippen molar-refractivity contribution in [3.8, 4) is 23.6 Å². The van der Waals surface area contributed by atoms with Gasteiger partial charge in [-0.25, -0.2) is 4.79 Å². The van der Waals surface area contributed by atoms with Gasteiger partial charge in [-0.05, 0) is 36.2 Å². The van der Waals surface area contributed by atoms with Gasteiger partial charge in [0.05, 0.1) is 11.1 Å². The second-order valence-electron chi connectivity index (χ2n) is 5.11. The summed E-state index contributed by atoms with van der Waals surface area (Å²) in [5.41, 5.74) is 1.40. The number of rotatable bonds is 3. The monoisotopic (exact) mass is 316 g/mol. The van der Waals surface area contributed by atoms with Crippen LogP contribution in [-0.4, -0.2) is 0 Å². The number of nitriles is 2. The van der Waals surface area contributed by atoms with Crippen molar-refractivity contribution >= 4 is 11.0 Å². The second kappa shape index (κ2) is 6.28. The highest BCUT2D eigenvalue weighted by Crippen LogP contribution is 2.31. The molecule has 0 unspecified atom stereocenters. The first kappa shape index (κ1) is 15.3. The molecule has 0 aliphatic carbocycles. The molecule has 2 aromatic carbocycles. The van der Waals surface area contributed by atoms with Gasteiger partial charge in [0.15, 0.2) is 5.75 Å². The summed E-state index contributed by atoms with van der Waals surface area (Å²) < 4.78 is 11.0. The minimum absolute atomic E-state index is 0.191. The SMILES string of the molecule is CCc1cc(=O)oc2cc(Oc3c(C#N)cccc3C#N)ccc12. The van der Waals surface area contributed by atoms with Crippen LogP contribution in [0.4, 0.5) is 0 Å². The third-order valence-electron chi connectivity index (χ3n) is 3.66. The number of hydrogen-bond acceptors (Lipinski definition) is 5. The van der Waals surface area contributed by atoms with E-state index >= 15 is 0 Å². The van der Waals surface area contributed by atoms with Gasteiger partial charge in [-0.2, -0.15) is 10.5 Å². The Morgan fingerprint density at radius 3 is 2.42 bits per heavy atom. The topological polar surface area (TPSA) is 87.0 Å². The molecule has 3 rings (SSSR count). The van der Waals surface area contributed by atoms with E-state index in [2.05, 4.69) is 0 Å². The van der Waals surface area contributed by atoms with E-state index in [1.807, 2.05) is 19.1 Å². The first-order valence-electron chi connectivity index (χ1n) is 7.34. The normalized spacial score (nSPS) is 10.1. The Bertz CT molecular complexity index is 1040. The molecule has 0 saturated carbocycles. The number of aryl methyl sites for hydroxylation is 1. The van der Waals surface area contributed by atoms with Gasteiger partial charge >= 0.3 is 5.63 Å². The summed E-state index contributed by atoms with van der Waals surface area (Å²) in [5.74, 6) is 0.578. The van der Waals surface area contributed by atoms with Gasteiger partial charge < -0.3 is 9.15 Å². The molecule has 0 spiro atoms. The lowest BCUT2D eigenvalue weighted by atomic mass is 10.1. The largest absolute Gasteiger partial charge is 0.454 e. The van der Waals surface area contributed by atoms with Crippen molar-refractivity contribution in [1.82, 2.24) is 0 Å². The molecule has 1 aromatic heterocycles. The minimum atomic E-state index is -0.424. The number of para-hydroxylation sites is 1. The highest BCUT2D eigenvalue weighted by molar-refractivity contribution is 5.81. The Kier molecular flexibility index (Phi) is 4.01. The van der Waals surface area contributed by atoms with Crippen LogP contribution in [0.25, 0.3) is 11.0 Å². The summed E-state index contributed by atoms with van der Waals surface area (Å²) in [6.07, 6.45) is 0.706. The third kappa shape index (κ3) is 2.71. The average molecular weight is 316 g/mol. The zero-order valence-electron chi connectivity index (χ0n) is 12.9. The van der Waals surface area contributed by atoms with Crippen LogP contribution in [0.15, 0.2) is 51.7 Å². The fourth-order valence-electron chi connectivity index (χ4n) is 2.51. The standard InChI is InChI=1S/C19H12N2O3/c1-2-12-8-18(22)24-17-9-15(6-7-16(12)17)23-19-13(10-20)4-3-5-14(19)11-21/h3-9H,2H2,1H3. The quantitative estimate of drug-likeness (QED) is 0.684. The van der Waals surface area contributed by atoms with Gasteiger partial charge in [0.2, 0.25) is 0 Å². The number of benzene rings is 2. The third-order valence-corrected chi connectivity index (χ3v) is 3.66. The molecule has 0 radical (unpaired) electrons. The van der Waals surface area contributed by atoms with Crippen molar-refractivity contribution in [2.75, 3.05) is 0 Å². The molecule has 5 heteroatoms. The molecule has 1 heterocycles. The molecule has 0 atom stereocenters. The van der Waals surface area contributed by atoms with Crippen LogP contribution >= 0.6 is 0 Å². The van der Waals surface area contributed by atoms with Gasteiger partial charge in [0, 0.05) is 17.5 Å². The van der Waals surface area contributed by atoms with Crippen LogP contribution in [0.2, 0.25) is 0 Å². The summed E-state index contributed by atoms with van der Waals surface area (Å²) in [5, 5.41) is 19.2. The first-order chi connectivity index (χ1) is 11.7. The van der Waals surface area contributed by atoms with Crippen LogP contribution in [0, 0.1) is 22.7 Å². The number of nitrogens with zero attached hydrogens (tertiary/aromatic N) is 2. The molecule has 5 nitrogen and oxygen atoms in total. The Balaban J connectivity index is 2.12. The van der Waals surface area contributed by atoms with Gasteiger partial charge in [0.25, 0.3) is 0 Å². The highest BCUT2D eigenvalue weighted by atomic mass is 16.5. The van der Waals surface area contributed by atoms with E-state index in [1.54, 1.807) is 36.4 Å². The van der Waals surface area contributed by atoms with E-state index in [9.17, 15) is 15.3 Å². The first-order valence-corrected chi connectivity index (χ1v) is 7.34. The maximum Gasteiger partial charge on any atom is 0.336 e. The lowest BCUT2D eigenvalue weighted by molar-refractivity contribution is 0.477. The second-order valence-corrected chi connectivity index (χ2v) is 5.11. The van der Waals surface area contributed by atoms with Crippen molar-refractivity contribution in [3.63, 3.8) is 0 Å². The van der Waals surface area contributed by atoms with Crippen molar-refractivity contribution in [2.45, 2.75) is 13.3 Å². The van der Waals surface area contributed by atoms with E-state index in [-0.39, 0.29) is 16.9 Å². The molecule has 0 amide bonds. The molecular weight excluding hydrogens is 304 g/mol. The van der Waals surface area contributed by atoms with Crippen molar-refractivity contribution < 1.29 is 9.15 Å². The van der Waals surface area contributed by atoms with Crippen LogP contribution in [-0.2, 0) is 6.42 Å². The van der Waals surface area contributed by atoms with Crippen LogP contribution < -0.4 is 10.4 Å². The fourth-order valence-corrected chi connectivity index (χ4v) is 2.51. The van der Waals surface area contributed by atoms with E-state index in [0.717, 1.165) is 10.9 Å². The summed E-state index contributed by atoms with van der Waals surface area (Å²) in [7, 11) is 0. The van der Waals surface area contributed by atoms with Crippen molar-refractivity contribution in [3.05, 3.63) is 69.6 Å². The molecule has 24 heavy (non-hydrogen) atoms. The fraction of sp³-hybridized carbons (Fsp3) is 0.105. The molecule has 0 bridgehead atoms. The Hall–Kier alpha value is -3.57. The number of ether oxygens (including phenoxy) is 1. The van der Waals surface area contributed by atoms with Gasteiger partial charge in [-0.1, -0.05) is 13.0 Å². The van der Waals surface area contributed by atoms with E-state index in [0.29, 0.717) is 17.8 Å². The zero-order chi connectivity index (χ0) is 17.1. The lowest BCUT2D eigenvalue weighted by Gasteiger charge is -2.10. The van der Waals surface area contributed by atoms with Gasteiger partial charge in [-0.15, -0.1) is 0 Å². The van der Waals surface area contributed by atoms with E-state index in [1.165, 1.54) is 6.07 Å². The highest BCUT2D eigenvalue weighted by Gasteiger charge is 2.12. The molecule has 0 saturated heterocycles. The predicted molar refractivity (Wildman–Crippen MR) is 87.8 cm³/mol. The van der Waals surface area contributed by atoms with Crippen LogP contribution in [0.3, 0.4) is 0 Å². The summed E-state index contributed by atoms with van der Waals surface area (Å²) in [6.45, 7) is 1.96. The average Bonchev–Trinajstić information content (AvgIpc) is 2.60. The molecule has 0 N–H and O–H groups in total. The minimum Gasteiger partial charge on any atom is -0.454 e. The Labute approximate surface area is 137 Å². The molecule has 3 aromatic rings. The maximum absolute atomic E-state index is 11.6. The van der Waals surface area contributed by atoms with Gasteiger partial charge in [0.1, 0.15) is 23.5 Å². The molecule has 0 fully saturated rings. The summed E-state index contributed by atoms with van der Waals surface area (Å²) >= 11 is 0. The smallest absolute Gasteiger partial charge is 0.336 e. The number of hydrogen-bond donors (Lipinski definition) is 0. The van der Waals surface area contributed by atoms with Crippen LogP contribution in [0.1, 0.15) is 23.6 Å². The maximum atomic E-state index is 11.6. The van der Waals surface area contributed by atoms with Crippen molar-refractivity contribution in [1.29, 1.82) is 10.5 Å². The van der Waals surface area contributed by atoms with Crippen LogP contribution in [0.5, 0.6) is 11.5 Å². The predicted octanol–water partition coefficient (Wildman–Crippen LogP) is 3.89. The molecule has 116 valence electrons. The summed E-state index contributed by atoms with van der Waals surface area (Å²) in [4.78, 5) is 11.6. The zero-order valence-corrected chi connectivity index (χ0v) is 12.9. The number of fused-ring (bicyclic) bond motifs is 1. The lowest BCUT2D eigenvalue weighted by Crippen LogP contribution is -2.00. The van der Waals surface area contributed by atoms with Crippen molar-refractivity contribution in [2.24, 2.45) is 0 Å². The van der Waals surface area contributed by atoms with E-state index in [4.69, 9.17) is 9.15 Å². The summed E-state index contributed by atoms with van der Waals surface area (Å²) in [6, 6.07) is 15.4. The van der Waals surface area contributed by atoms with E-state index < -0.39 is 5.63 Å². The Morgan fingerprint density at radius 1 is 1.08 bits per heavy atom. The molecule has 0 aliphatic rings.